The predicted molar refractivity (Wildman–Crippen MR) is 83.2 cm³/mol. The molecule has 18 heavy (non-hydrogen) atoms. The molecule has 0 fully saturated rings. The molecule has 0 N–H and O–H groups in total. The molecular formula is C17H25Cl. The lowest BCUT2D eigenvalue weighted by molar-refractivity contribution is 0.607. The first-order chi connectivity index (χ1) is 8.81. The minimum absolute atomic E-state index is 0.604. The number of hydrogen-bond acceptors (Lipinski definition) is 0. The summed E-state index contributed by atoms with van der Waals surface area (Å²) < 4.78 is 0. The van der Waals surface area contributed by atoms with Gasteiger partial charge >= 0.3 is 0 Å². The highest BCUT2D eigenvalue weighted by Crippen LogP contribution is 2.18. The van der Waals surface area contributed by atoms with Gasteiger partial charge < -0.3 is 0 Å². The second-order valence-corrected chi connectivity index (χ2v) is 5.15. The van der Waals surface area contributed by atoms with E-state index >= 15 is 0 Å². The summed E-state index contributed by atoms with van der Waals surface area (Å²) >= 11 is 6.01. The molecule has 0 heterocycles. The molecule has 1 rings (SSSR count). The van der Waals surface area contributed by atoms with E-state index in [0.29, 0.717) is 5.88 Å². The van der Waals surface area contributed by atoms with Crippen LogP contribution in [0.1, 0.15) is 62.1 Å². The van der Waals surface area contributed by atoms with E-state index in [-0.39, 0.29) is 0 Å². The first kappa shape index (κ1) is 15.3. The van der Waals surface area contributed by atoms with Gasteiger partial charge in [0.1, 0.15) is 0 Å². The van der Waals surface area contributed by atoms with Crippen molar-refractivity contribution in [2.24, 2.45) is 0 Å². The molecule has 1 heteroatoms. The second kappa shape index (κ2) is 9.22. The van der Waals surface area contributed by atoms with Crippen LogP contribution in [0.4, 0.5) is 0 Å². The van der Waals surface area contributed by atoms with Crippen LogP contribution in [0.25, 0.3) is 6.08 Å². The van der Waals surface area contributed by atoms with Crippen LogP contribution < -0.4 is 0 Å². The molecule has 0 saturated carbocycles. The Labute approximate surface area is 117 Å². The van der Waals surface area contributed by atoms with Crippen molar-refractivity contribution in [1.29, 1.82) is 0 Å². The maximum Gasteiger partial charge on any atom is 0.0477 e. The summed E-state index contributed by atoms with van der Waals surface area (Å²) in [4.78, 5) is 0. The fourth-order valence-electron chi connectivity index (χ4n) is 2.24. The zero-order valence-corrected chi connectivity index (χ0v) is 12.3. The Morgan fingerprint density at radius 2 is 1.78 bits per heavy atom. The SMILES string of the molecule is C=Cc1ccc(CCCCCCCC)c(CCl)c1. The number of rotatable bonds is 9. The molecule has 0 aliphatic rings. The molecule has 0 unspecified atom stereocenters. The molecule has 0 radical (unpaired) electrons. The lowest BCUT2D eigenvalue weighted by atomic mass is 9.99. The molecule has 0 atom stereocenters. The Bertz CT molecular complexity index is 355. The number of halogens is 1. The van der Waals surface area contributed by atoms with E-state index in [4.69, 9.17) is 11.6 Å². The van der Waals surface area contributed by atoms with Gasteiger partial charge in [-0.1, -0.05) is 69.9 Å². The molecule has 100 valence electrons. The van der Waals surface area contributed by atoms with Crippen molar-refractivity contribution in [2.75, 3.05) is 0 Å². The minimum Gasteiger partial charge on any atom is -0.122 e. The number of alkyl halides is 1. The third-order valence-electron chi connectivity index (χ3n) is 3.41. The number of unbranched alkanes of at least 4 members (excludes halogenated alkanes) is 5. The van der Waals surface area contributed by atoms with Gasteiger partial charge in [0.15, 0.2) is 0 Å². The van der Waals surface area contributed by atoms with Gasteiger partial charge in [-0.25, -0.2) is 0 Å². The summed E-state index contributed by atoms with van der Waals surface area (Å²) in [5.41, 5.74) is 3.84. The Morgan fingerprint density at radius 1 is 1.06 bits per heavy atom. The molecule has 0 saturated heterocycles. The summed E-state index contributed by atoms with van der Waals surface area (Å²) in [6, 6.07) is 6.50. The van der Waals surface area contributed by atoms with Gasteiger partial charge in [-0.15, -0.1) is 11.6 Å². The van der Waals surface area contributed by atoms with Crippen molar-refractivity contribution in [2.45, 2.75) is 57.7 Å². The quantitative estimate of drug-likeness (QED) is 0.381. The van der Waals surface area contributed by atoms with Crippen LogP contribution in [-0.4, -0.2) is 0 Å². The van der Waals surface area contributed by atoms with Crippen molar-refractivity contribution < 1.29 is 0 Å². The average molecular weight is 265 g/mol. The molecule has 1 aromatic carbocycles. The lowest BCUT2D eigenvalue weighted by Crippen LogP contribution is -1.93. The Balaban J connectivity index is 2.39. The number of hydrogen-bond donors (Lipinski definition) is 0. The van der Waals surface area contributed by atoms with Gasteiger partial charge in [0.25, 0.3) is 0 Å². The molecule has 0 spiro atoms. The van der Waals surface area contributed by atoms with Crippen LogP contribution in [0.15, 0.2) is 24.8 Å². The summed E-state index contributed by atoms with van der Waals surface area (Å²) in [6.07, 6.45) is 11.1. The molecule has 0 bridgehead atoms. The van der Waals surface area contributed by atoms with E-state index in [1.54, 1.807) is 0 Å². The summed E-state index contributed by atoms with van der Waals surface area (Å²) in [7, 11) is 0. The predicted octanol–water partition coefficient (Wildman–Crippen LogP) is 5.97. The zero-order chi connectivity index (χ0) is 13.2. The van der Waals surface area contributed by atoms with Crippen LogP contribution in [0, 0.1) is 0 Å². The molecule has 0 nitrogen and oxygen atoms in total. The largest absolute Gasteiger partial charge is 0.122 e. The van der Waals surface area contributed by atoms with E-state index in [0.717, 1.165) is 12.0 Å². The maximum atomic E-state index is 6.01. The molecule has 0 aliphatic carbocycles. The number of benzene rings is 1. The van der Waals surface area contributed by atoms with Crippen molar-refractivity contribution in [3.63, 3.8) is 0 Å². The van der Waals surface area contributed by atoms with E-state index in [1.807, 2.05) is 6.08 Å². The van der Waals surface area contributed by atoms with Crippen LogP contribution in [0.2, 0.25) is 0 Å². The third-order valence-corrected chi connectivity index (χ3v) is 3.70. The highest BCUT2D eigenvalue weighted by molar-refractivity contribution is 6.17. The lowest BCUT2D eigenvalue weighted by Gasteiger charge is -2.08. The van der Waals surface area contributed by atoms with Gasteiger partial charge in [-0.3, -0.25) is 0 Å². The first-order valence-electron chi connectivity index (χ1n) is 7.12. The Kier molecular flexibility index (Phi) is 7.84. The van der Waals surface area contributed by atoms with Crippen molar-refractivity contribution in [3.05, 3.63) is 41.5 Å². The maximum absolute atomic E-state index is 6.01. The zero-order valence-electron chi connectivity index (χ0n) is 11.6. The monoisotopic (exact) mass is 264 g/mol. The molecule has 0 aliphatic heterocycles. The summed E-state index contributed by atoms with van der Waals surface area (Å²) in [6.45, 7) is 6.05. The standard InChI is InChI=1S/C17H25Cl/c1-3-5-6-7-8-9-10-16-12-11-15(4-2)13-17(16)14-18/h4,11-13H,2-3,5-10,14H2,1H3. The highest BCUT2D eigenvalue weighted by atomic mass is 35.5. The van der Waals surface area contributed by atoms with Gasteiger partial charge in [-0.2, -0.15) is 0 Å². The van der Waals surface area contributed by atoms with Crippen LogP contribution in [0.3, 0.4) is 0 Å². The summed E-state index contributed by atoms with van der Waals surface area (Å²) in [5, 5.41) is 0. The third kappa shape index (κ3) is 5.27. The second-order valence-electron chi connectivity index (χ2n) is 4.88. The van der Waals surface area contributed by atoms with Gasteiger partial charge in [0.05, 0.1) is 0 Å². The smallest absolute Gasteiger partial charge is 0.0477 e. The number of aryl methyl sites for hydroxylation is 1. The first-order valence-corrected chi connectivity index (χ1v) is 7.65. The van der Waals surface area contributed by atoms with Crippen molar-refractivity contribution in [1.82, 2.24) is 0 Å². The highest BCUT2D eigenvalue weighted by Gasteiger charge is 2.02. The van der Waals surface area contributed by atoms with Crippen molar-refractivity contribution in [3.8, 4) is 0 Å². The van der Waals surface area contributed by atoms with Gasteiger partial charge in [-0.05, 0) is 29.5 Å². The fraction of sp³-hybridized carbons (Fsp3) is 0.529. The van der Waals surface area contributed by atoms with Crippen LogP contribution in [-0.2, 0) is 12.3 Å². The summed E-state index contributed by atoms with van der Waals surface area (Å²) in [5.74, 6) is 0.604. The topological polar surface area (TPSA) is 0 Å². The minimum atomic E-state index is 0.604. The van der Waals surface area contributed by atoms with Crippen molar-refractivity contribution >= 4 is 17.7 Å². The van der Waals surface area contributed by atoms with E-state index in [2.05, 4.69) is 31.7 Å². The molecular weight excluding hydrogens is 240 g/mol. The van der Waals surface area contributed by atoms with E-state index in [9.17, 15) is 0 Å². The molecule has 0 amide bonds. The Hall–Kier alpha value is -0.750. The average Bonchev–Trinajstić information content (AvgIpc) is 2.42. The van der Waals surface area contributed by atoms with Crippen LogP contribution in [0.5, 0.6) is 0 Å². The van der Waals surface area contributed by atoms with Gasteiger partial charge in [0, 0.05) is 5.88 Å². The molecule has 1 aromatic rings. The van der Waals surface area contributed by atoms with E-state index in [1.165, 1.54) is 49.7 Å². The Morgan fingerprint density at radius 3 is 2.44 bits per heavy atom. The fourth-order valence-corrected chi connectivity index (χ4v) is 2.49. The van der Waals surface area contributed by atoms with E-state index < -0.39 is 0 Å². The van der Waals surface area contributed by atoms with Crippen LogP contribution >= 0.6 is 11.6 Å². The van der Waals surface area contributed by atoms with Gasteiger partial charge in [0.2, 0.25) is 0 Å². The molecule has 0 aromatic heterocycles. The normalized spacial score (nSPS) is 10.6.